The minimum absolute atomic E-state index is 0.0695. The van der Waals surface area contributed by atoms with Gasteiger partial charge in [-0.1, -0.05) is 66.8 Å². The lowest BCUT2D eigenvalue weighted by molar-refractivity contribution is 0.321. The number of benzene rings is 3. The van der Waals surface area contributed by atoms with Crippen molar-refractivity contribution in [3.8, 4) is 16.9 Å². The number of allylic oxidation sites excluding steroid dienone is 2. The van der Waals surface area contributed by atoms with Crippen molar-refractivity contribution in [1.82, 2.24) is 0 Å². The van der Waals surface area contributed by atoms with Crippen molar-refractivity contribution < 1.29 is 17.9 Å². The summed E-state index contributed by atoms with van der Waals surface area (Å²) in [6.45, 7) is 4.23. The summed E-state index contributed by atoms with van der Waals surface area (Å²) in [5.41, 5.74) is 2.95. The molecule has 1 aliphatic rings. The molecule has 0 atom stereocenters. The third-order valence-corrected chi connectivity index (χ3v) is 6.73. The van der Waals surface area contributed by atoms with Gasteiger partial charge in [-0.15, -0.1) is 0 Å². The third kappa shape index (κ3) is 5.87. The first-order valence-electron chi connectivity index (χ1n) is 12.3. The van der Waals surface area contributed by atoms with E-state index in [2.05, 4.69) is 12.2 Å². The third-order valence-electron chi connectivity index (χ3n) is 6.73. The molecule has 4 heteroatoms. The van der Waals surface area contributed by atoms with Crippen molar-refractivity contribution >= 4 is 12.2 Å². The quantitative estimate of drug-likeness (QED) is 0.244. The summed E-state index contributed by atoms with van der Waals surface area (Å²) in [4.78, 5) is 0. The van der Waals surface area contributed by atoms with Crippen LogP contribution in [0.4, 0.5) is 13.2 Å². The Hall–Kier alpha value is -3.27. The Bertz CT molecular complexity index is 1200. The van der Waals surface area contributed by atoms with Crippen LogP contribution in [0.2, 0.25) is 0 Å². The van der Waals surface area contributed by atoms with E-state index in [4.69, 9.17) is 4.74 Å². The highest BCUT2D eigenvalue weighted by Crippen LogP contribution is 2.39. The van der Waals surface area contributed by atoms with Crippen molar-refractivity contribution in [2.24, 2.45) is 5.92 Å². The van der Waals surface area contributed by atoms with Gasteiger partial charge in [0, 0.05) is 5.56 Å². The van der Waals surface area contributed by atoms with Crippen LogP contribution in [0.5, 0.6) is 5.75 Å². The van der Waals surface area contributed by atoms with Gasteiger partial charge < -0.3 is 4.74 Å². The molecule has 0 aliphatic heterocycles. The number of hydrogen-bond donors (Lipinski definition) is 0. The standard InChI is InChI=1S/C31H31F3O/c1-3-5-21-8-13-24(14-9-21)26-17-18-27(31(34)30(26)33)25-15-10-22(11-16-25)6-7-23-12-19-29(35-4-2)28(32)20-23/h3,5-7,10-12,15-21,24H,4,8-9,13-14H2,1-2H3/b5-3+,7-6+. The highest BCUT2D eigenvalue weighted by Gasteiger charge is 2.25. The van der Waals surface area contributed by atoms with E-state index in [1.165, 1.54) is 6.07 Å². The molecule has 3 aromatic rings. The summed E-state index contributed by atoms with van der Waals surface area (Å²) in [5, 5.41) is 0. The predicted octanol–water partition coefficient (Wildman–Crippen LogP) is 9.19. The molecular weight excluding hydrogens is 445 g/mol. The molecule has 1 aliphatic carbocycles. The van der Waals surface area contributed by atoms with Gasteiger partial charge in [0.25, 0.3) is 0 Å². The van der Waals surface area contributed by atoms with Crippen LogP contribution in [0.15, 0.2) is 66.7 Å². The lowest BCUT2D eigenvalue weighted by Gasteiger charge is -2.27. The second-order valence-corrected chi connectivity index (χ2v) is 9.05. The molecule has 35 heavy (non-hydrogen) atoms. The molecule has 1 saturated carbocycles. The van der Waals surface area contributed by atoms with Gasteiger partial charge in [0.2, 0.25) is 0 Å². The largest absolute Gasteiger partial charge is 0.491 e. The first kappa shape index (κ1) is 24.8. The van der Waals surface area contributed by atoms with Gasteiger partial charge in [-0.2, -0.15) is 0 Å². The van der Waals surface area contributed by atoms with Crippen molar-refractivity contribution in [1.29, 1.82) is 0 Å². The molecular formula is C31H31F3O. The Labute approximate surface area is 206 Å². The van der Waals surface area contributed by atoms with Crippen LogP contribution >= 0.6 is 0 Å². The molecule has 1 fully saturated rings. The number of rotatable bonds is 7. The van der Waals surface area contributed by atoms with Crippen molar-refractivity contribution in [2.45, 2.75) is 45.4 Å². The predicted molar refractivity (Wildman–Crippen MR) is 138 cm³/mol. The normalized spacial score (nSPS) is 18.4. The fourth-order valence-electron chi connectivity index (χ4n) is 4.86. The summed E-state index contributed by atoms with van der Waals surface area (Å²) in [6, 6.07) is 15.5. The second kappa shape index (κ2) is 11.4. The Morgan fingerprint density at radius 1 is 0.829 bits per heavy atom. The van der Waals surface area contributed by atoms with Gasteiger partial charge in [0.15, 0.2) is 23.2 Å². The Kier molecular flexibility index (Phi) is 8.12. The smallest absolute Gasteiger partial charge is 0.166 e. The van der Waals surface area contributed by atoms with E-state index in [1.54, 1.807) is 42.5 Å². The average molecular weight is 477 g/mol. The zero-order valence-corrected chi connectivity index (χ0v) is 20.2. The molecule has 0 saturated heterocycles. The number of ether oxygens (including phenoxy) is 1. The molecule has 0 radical (unpaired) electrons. The number of halogens is 3. The highest BCUT2D eigenvalue weighted by molar-refractivity contribution is 5.72. The van der Waals surface area contributed by atoms with Crippen LogP contribution in [-0.4, -0.2) is 6.61 Å². The van der Waals surface area contributed by atoms with Gasteiger partial charge in [0.05, 0.1) is 6.61 Å². The Morgan fingerprint density at radius 3 is 2.17 bits per heavy atom. The van der Waals surface area contributed by atoms with E-state index in [0.29, 0.717) is 29.2 Å². The van der Waals surface area contributed by atoms with E-state index < -0.39 is 17.5 Å². The molecule has 0 aromatic heterocycles. The van der Waals surface area contributed by atoms with Crippen molar-refractivity contribution in [3.05, 3.63) is 101 Å². The maximum atomic E-state index is 15.0. The van der Waals surface area contributed by atoms with Crippen LogP contribution in [0, 0.1) is 23.4 Å². The molecule has 0 N–H and O–H groups in total. The Balaban J connectivity index is 1.47. The first-order valence-corrected chi connectivity index (χ1v) is 12.3. The fourth-order valence-corrected chi connectivity index (χ4v) is 4.86. The number of hydrogen-bond acceptors (Lipinski definition) is 1. The molecule has 0 bridgehead atoms. The highest BCUT2D eigenvalue weighted by atomic mass is 19.2. The zero-order valence-electron chi connectivity index (χ0n) is 20.2. The van der Waals surface area contributed by atoms with Crippen molar-refractivity contribution in [2.75, 3.05) is 6.61 Å². The molecule has 3 aromatic carbocycles. The molecule has 0 spiro atoms. The van der Waals surface area contributed by atoms with Crippen LogP contribution in [-0.2, 0) is 0 Å². The van der Waals surface area contributed by atoms with Crippen LogP contribution < -0.4 is 4.74 Å². The van der Waals surface area contributed by atoms with Gasteiger partial charge in [0.1, 0.15) is 0 Å². The zero-order chi connectivity index (χ0) is 24.8. The van der Waals surface area contributed by atoms with Gasteiger partial charge in [-0.3, -0.25) is 0 Å². The minimum Gasteiger partial charge on any atom is -0.491 e. The van der Waals surface area contributed by atoms with E-state index in [9.17, 15) is 4.39 Å². The average Bonchev–Trinajstić information content (AvgIpc) is 2.87. The molecule has 0 amide bonds. The summed E-state index contributed by atoms with van der Waals surface area (Å²) < 4.78 is 49.4. The monoisotopic (exact) mass is 476 g/mol. The van der Waals surface area contributed by atoms with E-state index >= 15 is 8.78 Å². The molecule has 182 valence electrons. The molecule has 4 rings (SSSR count). The minimum atomic E-state index is -0.786. The lowest BCUT2D eigenvalue weighted by atomic mass is 9.78. The van der Waals surface area contributed by atoms with Gasteiger partial charge in [-0.05, 0) is 85.8 Å². The van der Waals surface area contributed by atoms with Gasteiger partial charge >= 0.3 is 0 Å². The summed E-state index contributed by atoms with van der Waals surface area (Å²) in [7, 11) is 0. The van der Waals surface area contributed by atoms with E-state index in [-0.39, 0.29) is 17.2 Å². The van der Waals surface area contributed by atoms with E-state index in [1.807, 2.05) is 32.1 Å². The fraction of sp³-hybridized carbons (Fsp3) is 0.290. The van der Waals surface area contributed by atoms with Crippen molar-refractivity contribution in [3.63, 3.8) is 0 Å². The van der Waals surface area contributed by atoms with Crippen LogP contribution in [0.1, 0.15) is 62.1 Å². The summed E-state index contributed by atoms with van der Waals surface area (Å²) in [6.07, 6.45) is 11.7. The topological polar surface area (TPSA) is 9.23 Å². The second-order valence-electron chi connectivity index (χ2n) is 9.05. The molecule has 1 nitrogen and oxygen atoms in total. The first-order chi connectivity index (χ1) is 17.0. The van der Waals surface area contributed by atoms with Crippen LogP contribution in [0.25, 0.3) is 23.3 Å². The summed E-state index contributed by atoms with van der Waals surface area (Å²) in [5.74, 6) is -1.07. The lowest BCUT2D eigenvalue weighted by Crippen LogP contribution is -2.13. The Morgan fingerprint density at radius 2 is 1.51 bits per heavy atom. The maximum Gasteiger partial charge on any atom is 0.166 e. The van der Waals surface area contributed by atoms with E-state index in [0.717, 1.165) is 31.2 Å². The molecule has 0 unspecified atom stereocenters. The van der Waals surface area contributed by atoms with Crippen LogP contribution in [0.3, 0.4) is 0 Å². The van der Waals surface area contributed by atoms with Gasteiger partial charge in [-0.25, -0.2) is 13.2 Å². The maximum absolute atomic E-state index is 15.0. The molecule has 0 heterocycles. The summed E-state index contributed by atoms with van der Waals surface area (Å²) >= 11 is 0. The SMILES string of the molecule is C/C=C/C1CCC(c2ccc(-c3ccc(/C=C/c4ccc(OCC)c(F)c4)cc3)c(F)c2F)CC1.